The van der Waals surface area contributed by atoms with E-state index in [1.807, 2.05) is 37.3 Å². The molecule has 0 fully saturated rings. The van der Waals surface area contributed by atoms with Crippen LogP contribution >= 0.6 is 0 Å². The van der Waals surface area contributed by atoms with E-state index in [2.05, 4.69) is 24.9 Å². The highest BCUT2D eigenvalue weighted by Gasteiger charge is 2.45. The van der Waals surface area contributed by atoms with E-state index in [0.29, 0.717) is 47.9 Å². The molecule has 0 saturated carbocycles. The van der Waals surface area contributed by atoms with Gasteiger partial charge in [-0.15, -0.1) is 0 Å². The van der Waals surface area contributed by atoms with Crippen molar-refractivity contribution in [1.82, 2.24) is 0 Å². The number of Topliss-reactive ketones (excluding diaryl/α,β-unsaturated/α-hetero) is 1. The Balaban J connectivity index is 2.02. The maximum atomic E-state index is 13.2. The lowest BCUT2D eigenvalue weighted by Crippen LogP contribution is -2.34. The molecule has 3 N–H and O–H groups in total. The van der Waals surface area contributed by atoms with Crippen LogP contribution in [0.25, 0.3) is 0 Å². The number of hydrogen-bond acceptors (Lipinski definition) is 5. The highest BCUT2D eigenvalue weighted by atomic mass is 16.5. The first-order valence-corrected chi connectivity index (χ1v) is 9.77. The molecule has 1 aliphatic heterocycles. The van der Waals surface area contributed by atoms with Gasteiger partial charge in [0.1, 0.15) is 11.8 Å². The number of pyridine rings is 1. The first kappa shape index (κ1) is 19.0. The minimum atomic E-state index is -0.391. The molecule has 1 atom stereocenters. The van der Waals surface area contributed by atoms with Gasteiger partial charge in [0, 0.05) is 18.4 Å². The number of aromatic nitrogens is 1. The maximum absolute atomic E-state index is 13.2. The van der Waals surface area contributed by atoms with Gasteiger partial charge in [0.15, 0.2) is 17.1 Å². The molecule has 2 aliphatic rings. The van der Waals surface area contributed by atoms with Crippen molar-refractivity contribution in [2.75, 3.05) is 12.3 Å². The maximum Gasteiger partial charge on any atom is 0.304 e. The summed E-state index contributed by atoms with van der Waals surface area (Å²) in [6, 6.07) is 11.9. The third kappa shape index (κ3) is 3.13. The summed E-state index contributed by atoms with van der Waals surface area (Å²) >= 11 is 0. The van der Waals surface area contributed by atoms with Crippen LogP contribution in [0.4, 0.5) is 5.82 Å². The summed E-state index contributed by atoms with van der Waals surface area (Å²) in [5.74, 6) is 1.28. The molecular weight excluding hydrogens is 366 g/mol. The zero-order valence-electron chi connectivity index (χ0n) is 16.8. The summed E-state index contributed by atoms with van der Waals surface area (Å²) in [7, 11) is 0. The van der Waals surface area contributed by atoms with Crippen molar-refractivity contribution in [3.05, 3.63) is 58.4 Å². The van der Waals surface area contributed by atoms with Crippen LogP contribution in [0, 0.1) is 16.7 Å². The number of nitrogen functional groups attached to an aromatic ring is 1. The van der Waals surface area contributed by atoms with Crippen LogP contribution in [0.1, 0.15) is 56.2 Å². The topological polar surface area (TPSA) is 99.5 Å². The van der Waals surface area contributed by atoms with Crippen LogP contribution in [0.5, 0.6) is 11.6 Å². The monoisotopic (exact) mass is 390 g/mol. The summed E-state index contributed by atoms with van der Waals surface area (Å²) in [5.41, 5.74) is 8.62. The van der Waals surface area contributed by atoms with Crippen molar-refractivity contribution in [3.8, 4) is 17.7 Å². The number of fused-ring (bicyclic) bond motifs is 1. The molecule has 148 valence electrons. The van der Waals surface area contributed by atoms with Gasteiger partial charge < -0.3 is 9.47 Å². The number of hydrogen-bond donors (Lipinski definition) is 1. The minimum Gasteiger partial charge on any atom is -0.462 e. The molecule has 0 saturated heterocycles. The van der Waals surface area contributed by atoms with Crippen LogP contribution in [0.15, 0.2) is 41.7 Å². The lowest BCUT2D eigenvalue weighted by atomic mass is 9.70. The number of ketones is 1. The highest BCUT2D eigenvalue weighted by molar-refractivity contribution is 6.00. The van der Waals surface area contributed by atoms with Gasteiger partial charge in [0.2, 0.25) is 0 Å². The van der Waals surface area contributed by atoms with Gasteiger partial charge in [0.25, 0.3) is 5.82 Å². The van der Waals surface area contributed by atoms with Gasteiger partial charge in [0.05, 0.1) is 18.1 Å². The molecule has 4 rings (SSSR count). The molecule has 29 heavy (non-hydrogen) atoms. The van der Waals surface area contributed by atoms with Crippen molar-refractivity contribution in [2.24, 2.45) is 5.41 Å². The Bertz CT molecular complexity index is 1070. The normalized spacial score (nSPS) is 19.7. The summed E-state index contributed by atoms with van der Waals surface area (Å²) in [6.45, 7) is 6.32. The zero-order chi connectivity index (χ0) is 20.8. The number of carbonyl (C=O) groups excluding carboxylic acids is 1. The Morgan fingerprint density at radius 1 is 1.31 bits per heavy atom. The average molecular weight is 390 g/mol. The molecular formula is C23H24N3O3+. The fourth-order valence-electron chi connectivity index (χ4n) is 4.30. The molecule has 6 heteroatoms. The van der Waals surface area contributed by atoms with Gasteiger partial charge in [-0.2, -0.15) is 5.26 Å². The predicted molar refractivity (Wildman–Crippen MR) is 107 cm³/mol. The first-order chi connectivity index (χ1) is 13.9. The predicted octanol–water partition coefficient (Wildman–Crippen LogP) is 3.52. The number of allylic oxidation sites excluding steroid dienone is 2. The molecule has 1 aromatic carbocycles. The molecule has 2 aromatic rings. The number of nitriles is 1. The Labute approximate surface area is 170 Å². The second-order valence-electron chi connectivity index (χ2n) is 8.25. The van der Waals surface area contributed by atoms with Gasteiger partial charge in [-0.3, -0.25) is 10.5 Å². The van der Waals surface area contributed by atoms with Crippen LogP contribution in [0.3, 0.4) is 0 Å². The lowest BCUT2D eigenvalue weighted by Gasteiger charge is -2.38. The summed E-state index contributed by atoms with van der Waals surface area (Å²) in [4.78, 5) is 16.2. The second kappa shape index (κ2) is 6.93. The van der Waals surface area contributed by atoms with E-state index in [1.54, 1.807) is 0 Å². The van der Waals surface area contributed by atoms with E-state index in [4.69, 9.17) is 15.2 Å². The number of benzene rings is 1. The van der Waals surface area contributed by atoms with E-state index in [0.717, 1.165) is 5.56 Å². The fourth-order valence-corrected chi connectivity index (χ4v) is 4.30. The van der Waals surface area contributed by atoms with E-state index < -0.39 is 5.92 Å². The van der Waals surface area contributed by atoms with E-state index >= 15 is 0 Å². The number of nitrogens with zero attached hydrogens (tertiary/aromatic N) is 1. The number of H-pyrrole nitrogens is 1. The van der Waals surface area contributed by atoms with Crippen LogP contribution in [-0.2, 0) is 4.79 Å². The van der Waals surface area contributed by atoms with Crippen LogP contribution in [-0.4, -0.2) is 12.4 Å². The standard InChI is InChI=1S/C23H23N3O3/c1-4-28-22-14(12-24)20-19(21(25)26-22)17(13-8-6-5-7-9-13)18-15(27)10-23(2,3)11-16(18)29-20/h5-9,17H,4,10-11H2,1-3H3,(H2,25,26)/p+1/t17-/m0/s1. The minimum absolute atomic E-state index is 0.0579. The average Bonchev–Trinajstić information content (AvgIpc) is 2.66. The van der Waals surface area contributed by atoms with Gasteiger partial charge in [-0.05, 0) is 17.9 Å². The molecule has 6 nitrogen and oxygen atoms in total. The number of nitrogens with one attached hydrogen (secondary N) is 1. The molecule has 0 unspecified atom stereocenters. The Hall–Kier alpha value is -3.33. The van der Waals surface area contributed by atoms with Crippen molar-refractivity contribution in [3.63, 3.8) is 0 Å². The Morgan fingerprint density at radius 3 is 2.69 bits per heavy atom. The number of carbonyl (C=O) groups is 1. The summed E-state index contributed by atoms with van der Waals surface area (Å²) in [5, 5.41) is 9.85. The zero-order valence-corrected chi connectivity index (χ0v) is 16.8. The molecule has 0 amide bonds. The van der Waals surface area contributed by atoms with Crippen molar-refractivity contribution >= 4 is 11.6 Å². The number of ether oxygens (including phenoxy) is 2. The van der Waals surface area contributed by atoms with E-state index in [1.165, 1.54) is 0 Å². The molecule has 0 spiro atoms. The Kier molecular flexibility index (Phi) is 4.54. The molecule has 2 heterocycles. The second-order valence-corrected chi connectivity index (χ2v) is 8.25. The fraction of sp³-hybridized carbons (Fsp3) is 0.348. The smallest absolute Gasteiger partial charge is 0.304 e. The Morgan fingerprint density at radius 2 is 2.03 bits per heavy atom. The number of anilines is 1. The molecule has 0 bridgehead atoms. The quantitative estimate of drug-likeness (QED) is 0.864. The van der Waals surface area contributed by atoms with Crippen molar-refractivity contribution in [1.29, 1.82) is 5.26 Å². The number of aromatic amines is 1. The van der Waals surface area contributed by atoms with E-state index in [9.17, 15) is 10.1 Å². The molecule has 1 aromatic heterocycles. The highest BCUT2D eigenvalue weighted by Crippen LogP contribution is 2.52. The largest absolute Gasteiger partial charge is 0.462 e. The first-order valence-electron chi connectivity index (χ1n) is 9.77. The van der Waals surface area contributed by atoms with Gasteiger partial charge >= 0.3 is 5.88 Å². The molecule has 0 radical (unpaired) electrons. The third-order valence-electron chi connectivity index (χ3n) is 5.45. The van der Waals surface area contributed by atoms with Gasteiger partial charge in [-0.25, -0.2) is 4.98 Å². The third-order valence-corrected chi connectivity index (χ3v) is 5.45. The van der Waals surface area contributed by atoms with Crippen molar-refractivity contribution < 1.29 is 19.3 Å². The summed E-state index contributed by atoms with van der Waals surface area (Å²) < 4.78 is 11.8. The molecule has 1 aliphatic carbocycles. The SMILES string of the molecule is CCOc1[nH+]c(N)c2c(c1C#N)OC1=C(C(=O)CC(C)(C)C1)[C@@H]2c1ccccc1. The van der Waals surface area contributed by atoms with Crippen LogP contribution in [0.2, 0.25) is 0 Å². The van der Waals surface area contributed by atoms with Crippen LogP contribution < -0.4 is 20.2 Å². The van der Waals surface area contributed by atoms with Gasteiger partial charge in [-0.1, -0.05) is 44.2 Å². The number of rotatable bonds is 3. The summed E-state index contributed by atoms with van der Waals surface area (Å²) in [6.07, 6.45) is 1.06. The lowest BCUT2D eigenvalue weighted by molar-refractivity contribution is -0.378. The van der Waals surface area contributed by atoms with E-state index in [-0.39, 0.29) is 22.6 Å². The van der Waals surface area contributed by atoms with Crippen molar-refractivity contribution in [2.45, 2.75) is 39.5 Å². The number of nitrogens with two attached hydrogens (primary N) is 1.